The molecule has 0 saturated carbocycles. The Hall–Kier alpha value is -0.240. The fraction of sp³-hybridized carbons (Fsp3) is 0.0909. The van der Waals surface area contributed by atoms with Crippen LogP contribution < -0.4 is 0 Å². The molecule has 2 nitrogen and oxygen atoms in total. The van der Waals surface area contributed by atoms with Gasteiger partial charge in [-0.1, -0.05) is 51.2 Å². The Kier molecular flexibility index (Phi) is 2.24. The van der Waals surface area contributed by atoms with Crippen LogP contribution in [0.4, 0.5) is 0 Å². The second-order valence-corrected chi connectivity index (χ2v) is 8.70. The summed E-state index contributed by atoms with van der Waals surface area (Å²) >= 11 is 4.91. The first kappa shape index (κ1) is 9.95. The molecule has 0 atom stereocenters. The summed E-state index contributed by atoms with van der Waals surface area (Å²) in [5, 5.41) is 0. The molecule has 0 saturated heterocycles. The fourth-order valence-corrected chi connectivity index (χ4v) is 3.60. The monoisotopic (exact) mass is 420 g/mol. The van der Waals surface area contributed by atoms with Crippen molar-refractivity contribution in [2.45, 2.75) is 1.43 Å². The molecule has 2 aromatic rings. The normalized spacial score (nSPS) is 15.9. The van der Waals surface area contributed by atoms with Crippen LogP contribution in [0.1, 0.15) is 11.1 Å². The van der Waals surface area contributed by atoms with Gasteiger partial charge in [0.2, 0.25) is 0 Å². The van der Waals surface area contributed by atoms with Crippen molar-refractivity contribution < 1.29 is 0 Å². The van der Waals surface area contributed by atoms with Crippen LogP contribution in [0.3, 0.4) is 0 Å². The van der Waals surface area contributed by atoms with E-state index in [0.717, 1.165) is 5.69 Å². The number of hydrogen-bond donors (Lipinski definition) is 0. The van der Waals surface area contributed by atoms with Crippen molar-refractivity contribution in [1.29, 1.82) is 0 Å². The van der Waals surface area contributed by atoms with Crippen molar-refractivity contribution in [2.75, 3.05) is 0 Å². The zero-order valence-electron chi connectivity index (χ0n) is 7.61. The Morgan fingerprint density at radius 1 is 1.07 bits per heavy atom. The minimum Gasteiger partial charge on any atom is -0.264 e. The maximum absolute atomic E-state index is 4.46. The number of nitrogens with zero attached hydrogens (tertiary/aromatic N) is 2. The van der Waals surface area contributed by atoms with Gasteiger partial charge in [-0.25, -0.2) is 0 Å². The minimum atomic E-state index is -0.0251. The van der Waals surface area contributed by atoms with Crippen molar-refractivity contribution in [3.63, 3.8) is 0 Å². The lowest BCUT2D eigenvalue weighted by Crippen LogP contribution is -2.05. The molecule has 0 spiro atoms. The van der Waals surface area contributed by atoms with E-state index in [1.54, 1.807) is 0 Å². The van der Waals surface area contributed by atoms with Gasteiger partial charge >= 0.3 is 0 Å². The zero-order valence-corrected chi connectivity index (χ0v) is 11.9. The van der Waals surface area contributed by atoms with Gasteiger partial charge in [0, 0.05) is 35.3 Å². The molecule has 0 bridgehead atoms. The lowest BCUT2D eigenvalue weighted by atomic mass is 10.2. The molecule has 1 aliphatic carbocycles. The Morgan fingerprint density at radius 2 is 1.93 bits per heavy atom. The van der Waals surface area contributed by atoms with Gasteiger partial charge in [-0.15, -0.1) is 0 Å². The lowest BCUT2D eigenvalue weighted by Gasteiger charge is -2.15. The maximum atomic E-state index is 4.46. The topological polar surface area (TPSA) is 25.8 Å². The number of pyridine rings is 2. The largest absolute Gasteiger partial charge is 0.264 e. The molecule has 0 N–H and O–H groups in total. The fourth-order valence-electron chi connectivity index (χ4n) is 1.87. The van der Waals surface area contributed by atoms with Gasteiger partial charge in [-0.2, -0.15) is 0 Å². The van der Waals surface area contributed by atoms with Gasteiger partial charge in [0.1, 0.15) is 1.43 Å². The standard InChI is InChI=1S/C11H6I2N2/c12-11(13)8-2-1-4-15-10(8)7-3-5-14-6-9(7)11/h1-6H. The zero-order chi connectivity index (χ0) is 10.5. The van der Waals surface area contributed by atoms with Crippen LogP contribution in [0.15, 0.2) is 36.8 Å². The molecule has 0 aromatic carbocycles. The van der Waals surface area contributed by atoms with Crippen LogP contribution >= 0.6 is 45.2 Å². The van der Waals surface area contributed by atoms with E-state index >= 15 is 0 Å². The molecule has 74 valence electrons. The summed E-state index contributed by atoms with van der Waals surface area (Å²) in [7, 11) is 0. The highest BCUT2D eigenvalue weighted by atomic mass is 127. The minimum absolute atomic E-state index is 0.0251. The van der Waals surface area contributed by atoms with Crippen LogP contribution in [-0.4, -0.2) is 9.97 Å². The number of hydrogen-bond acceptors (Lipinski definition) is 2. The molecule has 0 unspecified atom stereocenters. The highest BCUT2D eigenvalue weighted by molar-refractivity contribution is 14.2. The number of aromatic nitrogens is 2. The number of rotatable bonds is 0. The van der Waals surface area contributed by atoms with Crippen LogP contribution in [0.2, 0.25) is 0 Å². The Balaban J connectivity index is 2.42. The van der Waals surface area contributed by atoms with Gasteiger partial charge in [0.15, 0.2) is 0 Å². The highest BCUT2D eigenvalue weighted by Gasteiger charge is 2.39. The third kappa shape index (κ3) is 1.33. The summed E-state index contributed by atoms with van der Waals surface area (Å²) in [5.74, 6) is 0. The highest BCUT2D eigenvalue weighted by Crippen LogP contribution is 2.55. The molecule has 1 aliphatic rings. The van der Waals surface area contributed by atoms with Crippen molar-refractivity contribution in [2.24, 2.45) is 0 Å². The quantitative estimate of drug-likeness (QED) is 0.482. The van der Waals surface area contributed by atoms with Crippen LogP contribution in [-0.2, 0) is 1.43 Å². The molecule has 4 heteroatoms. The SMILES string of the molecule is IC1(I)c2cnccc2-c2ncccc21. The van der Waals surface area contributed by atoms with E-state index < -0.39 is 0 Å². The van der Waals surface area contributed by atoms with Crippen LogP contribution in [0.25, 0.3) is 11.3 Å². The van der Waals surface area contributed by atoms with E-state index in [2.05, 4.69) is 61.2 Å². The van der Waals surface area contributed by atoms with E-state index in [0.29, 0.717) is 0 Å². The number of fused-ring (bicyclic) bond motifs is 3. The van der Waals surface area contributed by atoms with Gasteiger partial charge in [0.05, 0.1) is 5.69 Å². The Bertz CT molecular complexity index is 490. The number of halogens is 2. The predicted molar refractivity (Wildman–Crippen MR) is 76.3 cm³/mol. The Morgan fingerprint density at radius 3 is 2.80 bits per heavy atom. The molecule has 0 aliphatic heterocycles. The molecule has 2 heterocycles. The molecule has 0 radical (unpaired) electrons. The van der Waals surface area contributed by atoms with Crippen molar-refractivity contribution in [3.8, 4) is 11.3 Å². The van der Waals surface area contributed by atoms with Gasteiger partial charge in [-0.3, -0.25) is 9.97 Å². The predicted octanol–water partition coefficient (Wildman–Crippen LogP) is 3.53. The lowest BCUT2D eigenvalue weighted by molar-refractivity contribution is 1.17. The second-order valence-electron chi connectivity index (χ2n) is 3.40. The van der Waals surface area contributed by atoms with Crippen molar-refractivity contribution in [3.05, 3.63) is 47.9 Å². The van der Waals surface area contributed by atoms with E-state index in [-0.39, 0.29) is 1.43 Å². The molecule has 2 aromatic heterocycles. The molecule has 15 heavy (non-hydrogen) atoms. The Labute approximate surface area is 115 Å². The van der Waals surface area contributed by atoms with Crippen molar-refractivity contribution >= 4 is 45.2 Å². The summed E-state index contributed by atoms with van der Waals surface area (Å²) in [6.45, 7) is 0. The summed E-state index contributed by atoms with van der Waals surface area (Å²) in [6, 6.07) is 6.17. The summed E-state index contributed by atoms with van der Waals surface area (Å²) in [6.07, 6.45) is 5.61. The van der Waals surface area contributed by atoms with E-state index in [1.807, 2.05) is 30.7 Å². The maximum Gasteiger partial charge on any atom is 0.127 e. The van der Waals surface area contributed by atoms with Crippen LogP contribution in [0, 0.1) is 0 Å². The van der Waals surface area contributed by atoms with Gasteiger partial charge < -0.3 is 0 Å². The van der Waals surface area contributed by atoms with E-state index in [4.69, 9.17) is 0 Å². The average Bonchev–Trinajstić information content (AvgIpc) is 2.51. The summed E-state index contributed by atoms with van der Waals surface area (Å²) < 4.78 is -0.0251. The molecular weight excluding hydrogens is 414 g/mol. The second kappa shape index (κ2) is 3.38. The molecule has 3 rings (SSSR count). The van der Waals surface area contributed by atoms with E-state index in [9.17, 15) is 0 Å². The van der Waals surface area contributed by atoms with Crippen LogP contribution in [0.5, 0.6) is 0 Å². The van der Waals surface area contributed by atoms with Crippen molar-refractivity contribution in [1.82, 2.24) is 9.97 Å². The molecule has 0 amide bonds. The van der Waals surface area contributed by atoms with Gasteiger partial charge in [0.25, 0.3) is 0 Å². The molecular formula is C11H6I2N2. The third-order valence-electron chi connectivity index (χ3n) is 2.56. The third-order valence-corrected chi connectivity index (χ3v) is 4.88. The van der Waals surface area contributed by atoms with Gasteiger partial charge in [-0.05, 0) is 12.1 Å². The first-order chi connectivity index (χ1) is 7.21. The summed E-state index contributed by atoms with van der Waals surface area (Å²) in [5.41, 5.74) is 4.83. The first-order valence-corrected chi connectivity index (χ1v) is 6.65. The average molecular weight is 420 g/mol. The smallest absolute Gasteiger partial charge is 0.127 e. The molecule has 0 fully saturated rings. The summed E-state index contributed by atoms with van der Waals surface area (Å²) in [4.78, 5) is 8.66. The van der Waals surface area contributed by atoms with E-state index in [1.165, 1.54) is 16.7 Å². The first-order valence-electron chi connectivity index (χ1n) is 4.49. The number of alkyl halides is 2.